The highest BCUT2D eigenvalue weighted by Crippen LogP contribution is 2.25. The largest absolute Gasteiger partial charge is 0.480 e. The number of fused-ring (bicyclic) bond motifs is 1. The first-order chi connectivity index (χ1) is 13.9. The predicted octanol–water partition coefficient (Wildman–Crippen LogP) is 4.03. The summed E-state index contributed by atoms with van der Waals surface area (Å²) in [6.45, 7) is 4.11. The fourth-order valence-corrected chi connectivity index (χ4v) is 3.43. The van der Waals surface area contributed by atoms with E-state index in [9.17, 15) is 14.7 Å². The molecule has 3 N–H and O–H groups in total. The van der Waals surface area contributed by atoms with Gasteiger partial charge >= 0.3 is 5.97 Å². The predicted molar refractivity (Wildman–Crippen MR) is 115 cm³/mol. The summed E-state index contributed by atoms with van der Waals surface area (Å²) in [5.41, 5.74) is 5.09. The van der Waals surface area contributed by atoms with Gasteiger partial charge in [-0.05, 0) is 43.0 Å². The van der Waals surface area contributed by atoms with Crippen LogP contribution < -0.4 is 5.32 Å². The van der Waals surface area contributed by atoms with E-state index in [-0.39, 0.29) is 18.7 Å². The van der Waals surface area contributed by atoms with Crippen LogP contribution >= 0.6 is 0 Å². The van der Waals surface area contributed by atoms with E-state index >= 15 is 0 Å². The molecular weight excluding hydrogens is 364 g/mol. The minimum atomic E-state index is -1.04. The summed E-state index contributed by atoms with van der Waals surface area (Å²) in [4.78, 5) is 27.4. The number of carbonyl (C=O) groups excluding carboxylic acids is 1. The lowest BCUT2D eigenvalue weighted by Crippen LogP contribution is -2.43. The number of hydrogen-bond acceptors (Lipinski definition) is 2. The summed E-state index contributed by atoms with van der Waals surface area (Å²) < 4.78 is 0. The Morgan fingerprint density at radius 2 is 1.83 bits per heavy atom. The lowest BCUT2D eigenvalue weighted by molar-refractivity contribution is -0.141. The summed E-state index contributed by atoms with van der Waals surface area (Å²) in [6.07, 6.45) is 5.16. The molecule has 5 nitrogen and oxygen atoms in total. The number of amides is 1. The molecule has 1 aromatic heterocycles. The monoisotopic (exact) mass is 390 g/mol. The Balaban J connectivity index is 1.80. The van der Waals surface area contributed by atoms with Crippen molar-refractivity contribution in [2.75, 3.05) is 0 Å². The molecule has 150 valence electrons. The third-order valence-electron chi connectivity index (χ3n) is 4.87. The molecule has 0 saturated heterocycles. The van der Waals surface area contributed by atoms with Gasteiger partial charge in [0.25, 0.3) is 0 Å². The van der Waals surface area contributed by atoms with Gasteiger partial charge in [0.1, 0.15) is 6.04 Å². The number of nitrogens with one attached hydrogen (secondary N) is 2. The van der Waals surface area contributed by atoms with Gasteiger partial charge in [-0.15, -0.1) is 0 Å². The molecular formula is C24H26N2O3. The van der Waals surface area contributed by atoms with Gasteiger partial charge in [0.2, 0.25) is 5.91 Å². The molecule has 1 atom stereocenters. The molecule has 0 aliphatic carbocycles. The number of carboxylic acids is 1. The maximum Gasteiger partial charge on any atom is 0.326 e. The number of H-pyrrole nitrogens is 1. The fraction of sp³-hybridized carbons (Fsp3) is 0.250. The molecule has 3 rings (SSSR count). The molecule has 0 bridgehead atoms. The van der Waals surface area contributed by atoms with Crippen molar-refractivity contribution in [3.8, 4) is 0 Å². The molecule has 0 radical (unpaired) electrons. The van der Waals surface area contributed by atoms with Gasteiger partial charge in [0.05, 0.1) is 6.42 Å². The van der Waals surface area contributed by atoms with Crippen LogP contribution in [0.25, 0.3) is 10.9 Å². The molecule has 0 fully saturated rings. The second-order valence-electron chi connectivity index (χ2n) is 7.46. The summed E-state index contributed by atoms with van der Waals surface area (Å²) >= 11 is 0. The molecule has 2 aromatic carbocycles. The van der Waals surface area contributed by atoms with Gasteiger partial charge < -0.3 is 15.4 Å². The van der Waals surface area contributed by atoms with Gasteiger partial charge in [-0.25, -0.2) is 4.79 Å². The van der Waals surface area contributed by atoms with Crippen molar-refractivity contribution in [3.63, 3.8) is 0 Å². The summed E-state index contributed by atoms with van der Waals surface area (Å²) in [5.74, 6) is -1.34. The van der Waals surface area contributed by atoms with Crippen LogP contribution in [0.5, 0.6) is 0 Å². The zero-order chi connectivity index (χ0) is 20.8. The smallest absolute Gasteiger partial charge is 0.326 e. The third kappa shape index (κ3) is 5.35. The first-order valence-corrected chi connectivity index (χ1v) is 9.71. The van der Waals surface area contributed by atoms with Gasteiger partial charge in [-0.3, -0.25) is 4.79 Å². The Hall–Kier alpha value is -3.34. The van der Waals surface area contributed by atoms with Crippen molar-refractivity contribution in [1.29, 1.82) is 0 Å². The quantitative estimate of drug-likeness (QED) is 0.508. The van der Waals surface area contributed by atoms with E-state index < -0.39 is 12.0 Å². The van der Waals surface area contributed by atoms with Crippen LogP contribution in [0.1, 0.15) is 30.5 Å². The minimum absolute atomic E-state index is 0.157. The Labute approximate surface area is 170 Å². The molecule has 1 heterocycles. The number of aromatic amines is 1. The van der Waals surface area contributed by atoms with Crippen molar-refractivity contribution >= 4 is 22.8 Å². The van der Waals surface area contributed by atoms with Crippen LogP contribution in [0.15, 0.2) is 66.4 Å². The first kappa shape index (κ1) is 20.4. The van der Waals surface area contributed by atoms with Crippen molar-refractivity contribution in [1.82, 2.24) is 10.3 Å². The normalized spacial score (nSPS) is 11.8. The van der Waals surface area contributed by atoms with Gasteiger partial charge in [0.15, 0.2) is 0 Å². The van der Waals surface area contributed by atoms with Crippen molar-refractivity contribution in [2.24, 2.45) is 0 Å². The molecule has 5 heteroatoms. The SMILES string of the molecule is CC(C)=CCc1cccc2[nH]cc(C[C@@H](NC(=O)Cc3ccccc3)C(=O)O)c12. The maximum absolute atomic E-state index is 12.4. The fourth-order valence-electron chi connectivity index (χ4n) is 3.43. The van der Waals surface area contributed by atoms with Crippen molar-refractivity contribution < 1.29 is 14.7 Å². The average Bonchev–Trinajstić information content (AvgIpc) is 3.10. The highest BCUT2D eigenvalue weighted by atomic mass is 16.4. The molecule has 0 aliphatic heterocycles. The number of rotatable bonds is 8. The van der Waals surface area contributed by atoms with E-state index in [1.165, 1.54) is 5.57 Å². The summed E-state index contributed by atoms with van der Waals surface area (Å²) in [5, 5.41) is 13.4. The Morgan fingerprint density at radius 3 is 2.52 bits per heavy atom. The second kappa shape index (κ2) is 9.24. The molecule has 0 aliphatic rings. The number of aliphatic carboxylic acids is 1. The molecule has 29 heavy (non-hydrogen) atoms. The van der Waals surface area contributed by atoms with Gasteiger partial charge in [-0.1, -0.05) is 54.1 Å². The van der Waals surface area contributed by atoms with Gasteiger partial charge in [-0.2, -0.15) is 0 Å². The Kier molecular flexibility index (Phi) is 6.50. The average molecular weight is 390 g/mol. The third-order valence-corrected chi connectivity index (χ3v) is 4.87. The molecule has 0 saturated carbocycles. The number of aromatic nitrogens is 1. The highest BCUT2D eigenvalue weighted by molar-refractivity contribution is 5.89. The number of allylic oxidation sites excluding steroid dienone is 2. The number of carboxylic acid groups (broad SMARTS) is 1. The lowest BCUT2D eigenvalue weighted by Gasteiger charge is -2.15. The van der Waals surface area contributed by atoms with E-state index in [1.807, 2.05) is 48.7 Å². The zero-order valence-corrected chi connectivity index (χ0v) is 16.7. The topological polar surface area (TPSA) is 82.2 Å². The van der Waals surface area contributed by atoms with E-state index in [2.05, 4.69) is 36.3 Å². The maximum atomic E-state index is 12.4. The Bertz CT molecular complexity index is 1030. The van der Waals surface area contributed by atoms with Gasteiger partial charge in [0, 0.05) is 23.5 Å². The van der Waals surface area contributed by atoms with E-state index in [0.29, 0.717) is 0 Å². The van der Waals surface area contributed by atoms with Crippen LogP contribution in [-0.4, -0.2) is 28.0 Å². The van der Waals surface area contributed by atoms with Crippen LogP contribution in [0, 0.1) is 0 Å². The Morgan fingerprint density at radius 1 is 1.07 bits per heavy atom. The van der Waals surface area contributed by atoms with Crippen LogP contribution in [0.4, 0.5) is 0 Å². The molecule has 1 amide bonds. The first-order valence-electron chi connectivity index (χ1n) is 9.71. The summed E-state index contributed by atoms with van der Waals surface area (Å²) in [7, 11) is 0. The van der Waals surface area contributed by atoms with Crippen LogP contribution in [0.3, 0.4) is 0 Å². The van der Waals surface area contributed by atoms with Crippen LogP contribution in [0.2, 0.25) is 0 Å². The van der Waals surface area contributed by atoms with Crippen molar-refractivity contribution in [3.05, 3.63) is 83.1 Å². The molecule has 0 unspecified atom stereocenters. The standard InChI is InChI=1S/C24H26N2O3/c1-16(2)11-12-18-9-6-10-20-23(18)19(15-25-20)14-21(24(28)29)26-22(27)13-17-7-4-3-5-8-17/h3-11,15,21,25H,12-14H2,1-2H3,(H,26,27)(H,28,29)/t21-/m1/s1. The van der Waals surface area contributed by atoms with E-state index in [0.717, 1.165) is 34.0 Å². The summed E-state index contributed by atoms with van der Waals surface area (Å²) in [6, 6.07) is 14.3. The highest BCUT2D eigenvalue weighted by Gasteiger charge is 2.22. The van der Waals surface area contributed by atoms with E-state index in [4.69, 9.17) is 0 Å². The molecule has 3 aromatic rings. The molecule has 0 spiro atoms. The lowest BCUT2D eigenvalue weighted by atomic mass is 9.98. The number of benzene rings is 2. The number of carbonyl (C=O) groups is 2. The van der Waals surface area contributed by atoms with E-state index in [1.54, 1.807) is 0 Å². The zero-order valence-electron chi connectivity index (χ0n) is 16.7. The number of hydrogen-bond donors (Lipinski definition) is 3. The second-order valence-corrected chi connectivity index (χ2v) is 7.46. The van der Waals surface area contributed by atoms with Crippen molar-refractivity contribution in [2.45, 2.75) is 39.2 Å². The van der Waals surface area contributed by atoms with Crippen LogP contribution in [-0.2, 0) is 28.9 Å². The minimum Gasteiger partial charge on any atom is -0.480 e.